The topological polar surface area (TPSA) is 0 Å². The van der Waals surface area contributed by atoms with Gasteiger partial charge in [0.1, 0.15) is 0 Å². The van der Waals surface area contributed by atoms with Gasteiger partial charge >= 0.3 is 0 Å². The molecule has 0 aromatic rings. The van der Waals surface area contributed by atoms with Gasteiger partial charge in [0.25, 0.3) is 0 Å². The van der Waals surface area contributed by atoms with Crippen molar-refractivity contribution in [2.45, 2.75) is 88.0 Å². The molecule has 0 spiro atoms. The lowest BCUT2D eigenvalue weighted by molar-refractivity contribution is -0.0468. The monoisotopic (exact) mass is 240 g/mol. The van der Waals surface area contributed by atoms with Crippen LogP contribution in [0.25, 0.3) is 0 Å². The van der Waals surface area contributed by atoms with Crippen LogP contribution in [0.2, 0.25) is 0 Å². The van der Waals surface area contributed by atoms with Gasteiger partial charge in [-0.3, -0.25) is 0 Å². The van der Waals surface area contributed by atoms with Crippen LogP contribution in [0.1, 0.15) is 88.0 Å². The highest BCUT2D eigenvalue weighted by Gasteiger charge is 2.48. The molecule has 0 aliphatic carbocycles. The third kappa shape index (κ3) is 2.88. The van der Waals surface area contributed by atoms with E-state index in [1.165, 1.54) is 25.7 Å². The molecule has 0 radical (unpaired) electrons. The van der Waals surface area contributed by atoms with E-state index < -0.39 is 0 Å². The molecule has 0 aliphatic heterocycles. The molecule has 1 atom stereocenters. The van der Waals surface area contributed by atoms with E-state index in [1.54, 1.807) is 0 Å². The molecule has 0 heterocycles. The fourth-order valence-corrected chi connectivity index (χ4v) is 3.86. The van der Waals surface area contributed by atoms with Gasteiger partial charge in [-0.1, -0.05) is 68.7 Å². The molecule has 0 aromatic heterocycles. The maximum atomic E-state index is 2.51. The van der Waals surface area contributed by atoms with E-state index in [4.69, 9.17) is 0 Å². The van der Waals surface area contributed by atoms with Crippen LogP contribution in [0.3, 0.4) is 0 Å². The van der Waals surface area contributed by atoms with E-state index in [0.29, 0.717) is 16.2 Å². The zero-order valence-electron chi connectivity index (χ0n) is 13.9. The van der Waals surface area contributed by atoms with Crippen molar-refractivity contribution in [3.05, 3.63) is 0 Å². The first-order valence-corrected chi connectivity index (χ1v) is 7.65. The van der Waals surface area contributed by atoms with Crippen LogP contribution >= 0.6 is 0 Å². The third-order valence-corrected chi connectivity index (χ3v) is 6.56. The Hall–Kier alpha value is 0. The molecule has 0 fully saturated rings. The van der Waals surface area contributed by atoms with Crippen LogP contribution in [0.5, 0.6) is 0 Å². The van der Waals surface area contributed by atoms with Crippen LogP contribution in [-0.2, 0) is 0 Å². The Kier molecular flexibility index (Phi) is 5.76. The summed E-state index contributed by atoms with van der Waals surface area (Å²) in [5.41, 5.74) is 1.35. The van der Waals surface area contributed by atoms with E-state index in [0.717, 1.165) is 5.92 Å². The normalized spacial score (nSPS) is 16.1. The van der Waals surface area contributed by atoms with Crippen molar-refractivity contribution >= 4 is 0 Å². The van der Waals surface area contributed by atoms with E-state index >= 15 is 0 Å². The molecule has 104 valence electrons. The van der Waals surface area contributed by atoms with E-state index in [2.05, 4.69) is 62.3 Å². The summed E-state index contributed by atoms with van der Waals surface area (Å²) in [4.78, 5) is 0. The highest BCUT2D eigenvalue weighted by atomic mass is 14.5. The fraction of sp³-hybridized carbons (Fsp3) is 1.00. The van der Waals surface area contributed by atoms with Crippen molar-refractivity contribution in [1.82, 2.24) is 0 Å². The van der Waals surface area contributed by atoms with Gasteiger partial charge in [0.05, 0.1) is 0 Å². The molecule has 0 amide bonds. The minimum absolute atomic E-state index is 0.408. The SMILES string of the molecule is CCC(C)(C)C(C)C(C)(C)C(CC)(CC)CC. The summed E-state index contributed by atoms with van der Waals surface area (Å²) in [5, 5.41) is 0. The maximum absolute atomic E-state index is 2.51. The van der Waals surface area contributed by atoms with E-state index in [-0.39, 0.29) is 0 Å². The van der Waals surface area contributed by atoms with Crippen molar-refractivity contribution in [3.8, 4) is 0 Å². The molecule has 0 saturated heterocycles. The van der Waals surface area contributed by atoms with Gasteiger partial charge in [0, 0.05) is 0 Å². The molecule has 0 aromatic carbocycles. The minimum Gasteiger partial charge on any atom is -0.0649 e. The number of hydrogen-bond donors (Lipinski definition) is 0. The zero-order chi connectivity index (χ0) is 13.9. The van der Waals surface area contributed by atoms with Crippen LogP contribution in [0, 0.1) is 22.2 Å². The van der Waals surface area contributed by atoms with Crippen molar-refractivity contribution in [3.63, 3.8) is 0 Å². The first-order chi connectivity index (χ1) is 7.65. The molecule has 0 saturated carbocycles. The quantitative estimate of drug-likeness (QED) is 0.490. The summed E-state index contributed by atoms with van der Waals surface area (Å²) < 4.78 is 0. The average Bonchev–Trinajstić information content (AvgIpc) is 2.30. The van der Waals surface area contributed by atoms with E-state index in [1.807, 2.05) is 0 Å². The largest absolute Gasteiger partial charge is 0.0649 e. The summed E-state index contributed by atoms with van der Waals surface area (Å²) in [6.07, 6.45) is 5.18. The minimum atomic E-state index is 0.408. The van der Waals surface area contributed by atoms with Crippen LogP contribution < -0.4 is 0 Å². The molecule has 0 N–H and O–H groups in total. The number of rotatable bonds is 7. The maximum Gasteiger partial charge on any atom is -0.0251 e. The van der Waals surface area contributed by atoms with Gasteiger partial charge in [0.15, 0.2) is 0 Å². The Balaban J connectivity index is 5.36. The average molecular weight is 240 g/mol. The first-order valence-electron chi connectivity index (χ1n) is 7.65. The zero-order valence-corrected chi connectivity index (χ0v) is 13.9. The predicted molar refractivity (Wildman–Crippen MR) is 80.3 cm³/mol. The van der Waals surface area contributed by atoms with Crippen molar-refractivity contribution in [2.75, 3.05) is 0 Å². The first kappa shape index (κ1) is 17.0. The molecule has 0 aliphatic rings. The van der Waals surface area contributed by atoms with Crippen molar-refractivity contribution in [2.24, 2.45) is 22.2 Å². The smallest absolute Gasteiger partial charge is 0.0251 e. The lowest BCUT2D eigenvalue weighted by Gasteiger charge is -2.54. The second-order valence-electron chi connectivity index (χ2n) is 7.13. The van der Waals surface area contributed by atoms with Crippen molar-refractivity contribution < 1.29 is 0 Å². The Morgan fingerprint density at radius 3 is 1.29 bits per heavy atom. The van der Waals surface area contributed by atoms with E-state index in [9.17, 15) is 0 Å². The molecule has 1 unspecified atom stereocenters. The molecular weight excluding hydrogens is 204 g/mol. The summed E-state index contributed by atoms with van der Waals surface area (Å²) in [7, 11) is 0. The lowest BCUT2D eigenvalue weighted by Crippen LogP contribution is -2.46. The van der Waals surface area contributed by atoms with Crippen LogP contribution in [0.15, 0.2) is 0 Å². The molecule has 0 heteroatoms. The highest BCUT2D eigenvalue weighted by Crippen LogP contribution is 2.56. The van der Waals surface area contributed by atoms with Gasteiger partial charge in [-0.2, -0.15) is 0 Å². The molecular formula is C17H36. The van der Waals surface area contributed by atoms with Gasteiger partial charge in [-0.05, 0) is 41.4 Å². The lowest BCUT2D eigenvalue weighted by atomic mass is 9.51. The Morgan fingerprint density at radius 1 is 0.706 bits per heavy atom. The van der Waals surface area contributed by atoms with Crippen LogP contribution in [0.4, 0.5) is 0 Å². The predicted octanol–water partition coefficient (Wildman–Crippen LogP) is 6.30. The summed E-state index contributed by atoms with van der Waals surface area (Å²) in [5.74, 6) is 0.750. The van der Waals surface area contributed by atoms with Gasteiger partial charge in [0.2, 0.25) is 0 Å². The van der Waals surface area contributed by atoms with Gasteiger partial charge in [-0.25, -0.2) is 0 Å². The Labute approximate surface area is 111 Å². The number of hydrogen-bond acceptors (Lipinski definition) is 0. The highest BCUT2D eigenvalue weighted by molar-refractivity contribution is 4.97. The standard InChI is InChI=1S/C17H36/c1-10-15(6,7)14(5)16(8,9)17(11-2,12-3)13-4/h14H,10-13H2,1-9H3. The molecule has 0 bridgehead atoms. The molecule has 17 heavy (non-hydrogen) atoms. The Bertz CT molecular complexity index is 210. The van der Waals surface area contributed by atoms with Crippen molar-refractivity contribution in [1.29, 1.82) is 0 Å². The van der Waals surface area contributed by atoms with Gasteiger partial charge in [-0.15, -0.1) is 0 Å². The Morgan fingerprint density at radius 2 is 1.06 bits per heavy atom. The summed E-state index contributed by atoms with van der Waals surface area (Å²) >= 11 is 0. The molecule has 0 rings (SSSR count). The fourth-order valence-electron chi connectivity index (χ4n) is 3.86. The third-order valence-electron chi connectivity index (χ3n) is 6.56. The second-order valence-corrected chi connectivity index (χ2v) is 7.13. The summed E-state index contributed by atoms with van der Waals surface area (Å²) in [6.45, 7) is 21.8. The molecule has 0 nitrogen and oxygen atoms in total. The van der Waals surface area contributed by atoms with Gasteiger partial charge < -0.3 is 0 Å². The summed E-state index contributed by atoms with van der Waals surface area (Å²) in [6, 6.07) is 0. The second kappa shape index (κ2) is 5.76. The van der Waals surface area contributed by atoms with Crippen LogP contribution in [-0.4, -0.2) is 0 Å².